The quantitative estimate of drug-likeness (QED) is 0.704. The Balaban J connectivity index is 1.65. The van der Waals surface area contributed by atoms with E-state index in [-0.39, 0.29) is 18.6 Å². The Morgan fingerprint density at radius 2 is 1.96 bits per heavy atom. The van der Waals surface area contributed by atoms with E-state index in [9.17, 15) is 4.79 Å². The third kappa shape index (κ3) is 4.17. The van der Waals surface area contributed by atoms with Crippen molar-refractivity contribution in [3.63, 3.8) is 0 Å². The molecule has 136 valence electrons. The van der Waals surface area contributed by atoms with Crippen LogP contribution in [0.15, 0.2) is 54.7 Å². The molecule has 0 radical (unpaired) electrons. The number of benzene rings is 2. The van der Waals surface area contributed by atoms with Crippen LogP contribution in [-0.4, -0.2) is 23.7 Å². The average Bonchev–Trinajstić information content (AvgIpc) is 3.02. The maximum absolute atomic E-state index is 12.4. The van der Waals surface area contributed by atoms with Crippen molar-refractivity contribution in [1.82, 2.24) is 9.88 Å². The molecule has 0 spiro atoms. The molecule has 5 nitrogen and oxygen atoms in total. The van der Waals surface area contributed by atoms with Crippen LogP contribution in [0, 0.1) is 0 Å². The van der Waals surface area contributed by atoms with Crippen LogP contribution < -0.4 is 14.8 Å². The second-order valence-electron chi connectivity index (χ2n) is 6.42. The molecular formula is C21H24N2O3. The molecule has 0 aliphatic heterocycles. The second kappa shape index (κ2) is 7.95. The Labute approximate surface area is 153 Å². The van der Waals surface area contributed by atoms with E-state index in [1.807, 2.05) is 73.1 Å². The number of carbonyl (C=O) groups excluding carboxylic acids is 1. The van der Waals surface area contributed by atoms with Crippen LogP contribution in [0.2, 0.25) is 0 Å². The lowest BCUT2D eigenvalue weighted by Crippen LogP contribution is -2.27. The minimum absolute atomic E-state index is 0.0438. The largest absolute Gasteiger partial charge is 0.497 e. The molecule has 3 aromatic rings. The molecule has 0 saturated heterocycles. The van der Waals surface area contributed by atoms with Crippen molar-refractivity contribution in [3.05, 3.63) is 60.3 Å². The lowest BCUT2D eigenvalue weighted by Gasteiger charge is -2.15. The van der Waals surface area contributed by atoms with E-state index in [1.165, 1.54) is 0 Å². The molecule has 1 amide bonds. The maximum atomic E-state index is 12.4. The predicted molar refractivity (Wildman–Crippen MR) is 103 cm³/mol. The molecule has 0 atom stereocenters. The summed E-state index contributed by atoms with van der Waals surface area (Å²) in [7, 11) is 1.65. The van der Waals surface area contributed by atoms with Gasteiger partial charge in [-0.1, -0.05) is 18.2 Å². The van der Waals surface area contributed by atoms with Gasteiger partial charge in [0.1, 0.15) is 18.0 Å². The van der Waals surface area contributed by atoms with Crippen molar-refractivity contribution in [2.45, 2.75) is 33.0 Å². The summed E-state index contributed by atoms with van der Waals surface area (Å²) in [6.07, 6.45) is 2.01. The van der Waals surface area contributed by atoms with Crippen molar-refractivity contribution in [3.8, 4) is 11.5 Å². The molecule has 0 aliphatic rings. The van der Waals surface area contributed by atoms with E-state index < -0.39 is 0 Å². The highest BCUT2D eigenvalue weighted by Gasteiger charge is 2.09. The van der Waals surface area contributed by atoms with E-state index in [0.29, 0.717) is 6.54 Å². The van der Waals surface area contributed by atoms with Crippen LogP contribution in [-0.2, 0) is 17.9 Å². The van der Waals surface area contributed by atoms with Gasteiger partial charge in [-0.2, -0.15) is 0 Å². The van der Waals surface area contributed by atoms with E-state index in [0.717, 1.165) is 28.0 Å². The molecule has 5 heteroatoms. The minimum Gasteiger partial charge on any atom is -0.497 e. The monoisotopic (exact) mass is 352 g/mol. The maximum Gasteiger partial charge on any atom is 0.240 e. The Hall–Kier alpha value is -2.95. The molecule has 0 saturated carbocycles. The first kappa shape index (κ1) is 17.9. The normalized spacial score (nSPS) is 10.9. The number of nitrogens with one attached hydrogen (secondary N) is 1. The SMILES string of the molecule is COc1ccc2c(ccn2CC(=O)NCc2ccccc2OC(C)C)c1. The highest BCUT2D eigenvalue weighted by atomic mass is 16.5. The fraction of sp³-hybridized carbons (Fsp3) is 0.286. The lowest BCUT2D eigenvalue weighted by molar-refractivity contribution is -0.121. The molecule has 0 unspecified atom stereocenters. The fourth-order valence-electron chi connectivity index (χ4n) is 2.87. The second-order valence-corrected chi connectivity index (χ2v) is 6.42. The Morgan fingerprint density at radius 3 is 2.73 bits per heavy atom. The number of aromatic nitrogens is 1. The van der Waals surface area contributed by atoms with Gasteiger partial charge in [0.25, 0.3) is 0 Å². The van der Waals surface area contributed by atoms with Gasteiger partial charge in [-0.05, 0) is 44.2 Å². The molecule has 3 rings (SSSR count). The van der Waals surface area contributed by atoms with Crippen LogP contribution in [0.3, 0.4) is 0 Å². The number of nitrogens with zero attached hydrogens (tertiary/aromatic N) is 1. The first-order valence-corrected chi connectivity index (χ1v) is 8.71. The van der Waals surface area contributed by atoms with E-state index in [4.69, 9.17) is 9.47 Å². The van der Waals surface area contributed by atoms with Crippen LogP contribution in [0.4, 0.5) is 0 Å². The van der Waals surface area contributed by atoms with E-state index in [1.54, 1.807) is 7.11 Å². The summed E-state index contributed by atoms with van der Waals surface area (Å²) in [5, 5.41) is 4.02. The van der Waals surface area contributed by atoms with Crippen molar-refractivity contribution in [1.29, 1.82) is 0 Å². The van der Waals surface area contributed by atoms with Gasteiger partial charge in [0.2, 0.25) is 5.91 Å². The molecule has 2 aromatic carbocycles. The van der Waals surface area contributed by atoms with Crippen LogP contribution in [0.5, 0.6) is 11.5 Å². The third-order valence-electron chi connectivity index (χ3n) is 4.10. The minimum atomic E-state index is -0.0438. The van der Waals surface area contributed by atoms with Gasteiger partial charge in [0.15, 0.2) is 0 Å². The zero-order valence-electron chi connectivity index (χ0n) is 15.4. The van der Waals surface area contributed by atoms with Gasteiger partial charge in [-0.3, -0.25) is 4.79 Å². The van der Waals surface area contributed by atoms with E-state index >= 15 is 0 Å². The number of carbonyl (C=O) groups is 1. The molecule has 0 aliphatic carbocycles. The van der Waals surface area contributed by atoms with Gasteiger partial charge in [0.05, 0.1) is 13.2 Å². The average molecular weight is 352 g/mol. The van der Waals surface area contributed by atoms with Gasteiger partial charge >= 0.3 is 0 Å². The Morgan fingerprint density at radius 1 is 1.15 bits per heavy atom. The molecule has 1 N–H and O–H groups in total. The smallest absolute Gasteiger partial charge is 0.240 e. The summed E-state index contributed by atoms with van der Waals surface area (Å²) in [6.45, 7) is 4.68. The predicted octanol–water partition coefficient (Wildman–Crippen LogP) is 3.75. The third-order valence-corrected chi connectivity index (χ3v) is 4.10. The number of fused-ring (bicyclic) bond motifs is 1. The first-order chi connectivity index (χ1) is 12.6. The van der Waals surface area contributed by atoms with Crippen molar-refractivity contribution in [2.75, 3.05) is 7.11 Å². The van der Waals surface area contributed by atoms with E-state index in [2.05, 4.69) is 5.32 Å². The van der Waals surface area contributed by atoms with Crippen LogP contribution in [0.25, 0.3) is 10.9 Å². The molecule has 1 heterocycles. The van der Waals surface area contributed by atoms with Crippen molar-refractivity contribution in [2.24, 2.45) is 0 Å². The number of methoxy groups -OCH3 is 1. The Bertz CT molecular complexity index is 899. The highest BCUT2D eigenvalue weighted by Crippen LogP contribution is 2.22. The lowest BCUT2D eigenvalue weighted by atomic mass is 10.2. The number of para-hydroxylation sites is 1. The first-order valence-electron chi connectivity index (χ1n) is 8.71. The topological polar surface area (TPSA) is 52.5 Å². The summed E-state index contributed by atoms with van der Waals surface area (Å²) in [6, 6.07) is 15.6. The Kier molecular flexibility index (Phi) is 5.46. The number of amides is 1. The molecular weight excluding hydrogens is 328 g/mol. The number of ether oxygens (including phenoxy) is 2. The molecule has 0 fully saturated rings. The summed E-state index contributed by atoms with van der Waals surface area (Å²) in [5.41, 5.74) is 1.97. The van der Waals surface area contributed by atoms with Gasteiger partial charge < -0.3 is 19.4 Å². The summed E-state index contributed by atoms with van der Waals surface area (Å²) in [4.78, 5) is 12.4. The zero-order chi connectivity index (χ0) is 18.5. The van der Waals surface area contributed by atoms with Gasteiger partial charge in [0, 0.05) is 29.2 Å². The summed E-state index contributed by atoms with van der Waals surface area (Å²) in [5.74, 6) is 1.57. The van der Waals surface area contributed by atoms with Crippen LogP contribution >= 0.6 is 0 Å². The molecule has 26 heavy (non-hydrogen) atoms. The van der Waals surface area contributed by atoms with Crippen molar-refractivity contribution >= 4 is 16.8 Å². The van der Waals surface area contributed by atoms with Crippen LogP contribution in [0.1, 0.15) is 19.4 Å². The number of rotatable bonds is 7. The zero-order valence-corrected chi connectivity index (χ0v) is 15.4. The summed E-state index contributed by atoms with van der Waals surface area (Å²) >= 11 is 0. The molecule has 1 aromatic heterocycles. The summed E-state index contributed by atoms with van der Waals surface area (Å²) < 4.78 is 13.0. The van der Waals surface area contributed by atoms with Crippen molar-refractivity contribution < 1.29 is 14.3 Å². The number of hydrogen-bond donors (Lipinski definition) is 1. The standard InChI is InChI=1S/C21H24N2O3/c1-15(2)26-20-7-5-4-6-17(20)13-22-21(24)14-23-11-10-16-12-18(25-3)8-9-19(16)23/h4-12,15H,13-14H2,1-3H3,(H,22,24). The van der Waals surface area contributed by atoms with Gasteiger partial charge in [-0.15, -0.1) is 0 Å². The molecule has 0 bridgehead atoms. The number of hydrogen-bond acceptors (Lipinski definition) is 3. The van der Waals surface area contributed by atoms with Gasteiger partial charge in [-0.25, -0.2) is 0 Å². The fourth-order valence-corrected chi connectivity index (χ4v) is 2.87. The highest BCUT2D eigenvalue weighted by molar-refractivity contribution is 5.84.